The molecule has 3 aromatic rings. The molecular formula is C25H27N3O4S2. The number of nitrogens with one attached hydrogen (secondary N) is 1. The van der Waals surface area contributed by atoms with Crippen LogP contribution in [0.1, 0.15) is 15.9 Å². The molecule has 178 valence electrons. The van der Waals surface area contributed by atoms with Gasteiger partial charge in [0.05, 0.1) is 11.9 Å². The summed E-state index contributed by atoms with van der Waals surface area (Å²) in [7, 11) is -0.447. The highest BCUT2D eigenvalue weighted by atomic mass is 32.2. The molecule has 34 heavy (non-hydrogen) atoms. The number of carbonyl (C=O) groups excluding carboxylic acids is 2. The quantitative estimate of drug-likeness (QED) is 0.450. The molecule has 0 bridgehead atoms. The Morgan fingerprint density at radius 2 is 1.50 bits per heavy atom. The Bertz CT molecular complexity index is 1230. The molecule has 0 aliphatic heterocycles. The molecule has 0 aromatic heterocycles. The van der Waals surface area contributed by atoms with Crippen LogP contribution < -0.4 is 9.62 Å². The molecule has 0 aliphatic rings. The van der Waals surface area contributed by atoms with Crippen LogP contribution in [0.15, 0.2) is 83.8 Å². The second-order valence-corrected chi connectivity index (χ2v) is 10.8. The number of thioether (sulfide) groups is 1. The maximum atomic E-state index is 12.6. The Morgan fingerprint density at radius 3 is 2.06 bits per heavy atom. The van der Waals surface area contributed by atoms with Gasteiger partial charge in [-0.25, -0.2) is 8.42 Å². The number of sulfonamides is 1. The maximum absolute atomic E-state index is 12.6. The Balaban J connectivity index is 1.63. The predicted molar refractivity (Wildman–Crippen MR) is 138 cm³/mol. The van der Waals surface area contributed by atoms with E-state index in [0.717, 1.165) is 21.9 Å². The van der Waals surface area contributed by atoms with E-state index in [9.17, 15) is 18.0 Å². The molecule has 0 fully saturated rings. The van der Waals surface area contributed by atoms with Gasteiger partial charge in [0, 0.05) is 36.0 Å². The second-order valence-electron chi connectivity index (χ2n) is 7.86. The van der Waals surface area contributed by atoms with E-state index in [1.54, 1.807) is 50.1 Å². The van der Waals surface area contributed by atoms with Crippen molar-refractivity contribution in [3.63, 3.8) is 0 Å². The molecule has 2 amide bonds. The summed E-state index contributed by atoms with van der Waals surface area (Å²) in [5.41, 5.74) is 2.43. The molecule has 0 aliphatic carbocycles. The lowest BCUT2D eigenvalue weighted by atomic mass is 10.2. The van der Waals surface area contributed by atoms with Crippen LogP contribution >= 0.6 is 11.8 Å². The highest BCUT2D eigenvalue weighted by molar-refractivity contribution is 7.98. The maximum Gasteiger partial charge on any atom is 0.253 e. The van der Waals surface area contributed by atoms with Crippen LogP contribution in [0.25, 0.3) is 0 Å². The number of benzene rings is 3. The molecule has 0 saturated carbocycles. The molecule has 3 aromatic carbocycles. The monoisotopic (exact) mass is 497 g/mol. The summed E-state index contributed by atoms with van der Waals surface area (Å²) in [5, 5.41) is 2.75. The fourth-order valence-electron chi connectivity index (χ4n) is 3.13. The van der Waals surface area contributed by atoms with E-state index in [1.165, 1.54) is 21.9 Å². The van der Waals surface area contributed by atoms with Gasteiger partial charge in [-0.2, -0.15) is 0 Å². The SMILES string of the molecule is CN(C)C(=O)c1ccc(N(CC(=O)Nc2ccc(CSc3ccccc3)cc2)S(C)(=O)=O)cc1. The highest BCUT2D eigenvalue weighted by Crippen LogP contribution is 2.23. The van der Waals surface area contributed by atoms with Crippen LogP contribution in [0.3, 0.4) is 0 Å². The average Bonchev–Trinajstić information content (AvgIpc) is 2.81. The third-order valence-electron chi connectivity index (χ3n) is 4.88. The van der Waals surface area contributed by atoms with Crippen LogP contribution in [0.2, 0.25) is 0 Å². The van der Waals surface area contributed by atoms with Crippen molar-refractivity contribution < 1.29 is 18.0 Å². The second kappa shape index (κ2) is 11.2. The van der Waals surface area contributed by atoms with Crippen molar-refractivity contribution in [1.82, 2.24) is 4.90 Å². The molecule has 0 radical (unpaired) electrons. The zero-order valence-electron chi connectivity index (χ0n) is 19.3. The minimum absolute atomic E-state index is 0.194. The summed E-state index contributed by atoms with van der Waals surface area (Å²) in [6, 6.07) is 23.7. The van der Waals surface area contributed by atoms with Crippen molar-refractivity contribution in [3.05, 3.63) is 90.0 Å². The summed E-state index contributed by atoms with van der Waals surface area (Å²) >= 11 is 1.72. The van der Waals surface area contributed by atoms with Gasteiger partial charge in [-0.15, -0.1) is 11.8 Å². The summed E-state index contributed by atoms with van der Waals surface area (Å²) in [5.74, 6) is 0.137. The van der Waals surface area contributed by atoms with E-state index in [-0.39, 0.29) is 12.5 Å². The first-order chi connectivity index (χ1) is 16.1. The summed E-state index contributed by atoms with van der Waals surface area (Å²) < 4.78 is 25.7. The van der Waals surface area contributed by atoms with E-state index < -0.39 is 15.9 Å². The average molecular weight is 498 g/mol. The molecular weight excluding hydrogens is 470 g/mol. The van der Waals surface area contributed by atoms with Crippen molar-refractivity contribution in [2.45, 2.75) is 10.6 Å². The number of hydrogen-bond acceptors (Lipinski definition) is 5. The topological polar surface area (TPSA) is 86.8 Å². The fraction of sp³-hybridized carbons (Fsp3) is 0.200. The van der Waals surface area contributed by atoms with E-state index in [0.29, 0.717) is 16.9 Å². The first-order valence-corrected chi connectivity index (χ1v) is 13.3. The number of carbonyl (C=O) groups is 2. The molecule has 0 atom stereocenters. The number of amides is 2. The van der Waals surface area contributed by atoms with E-state index in [1.807, 2.05) is 30.3 Å². The van der Waals surface area contributed by atoms with Crippen molar-refractivity contribution in [2.75, 3.05) is 36.5 Å². The third kappa shape index (κ3) is 7.10. The zero-order chi connectivity index (χ0) is 24.7. The molecule has 3 rings (SSSR count). The van der Waals surface area contributed by atoms with E-state index >= 15 is 0 Å². The van der Waals surface area contributed by atoms with Crippen LogP contribution in [-0.4, -0.2) is 52.0 Å². The van der Waals surface area contributed by atoms with E-state index in [2.05, 4.69) is 17.4 Å². The Morgan fingerprint density at radius 1 is 0.882 bits per heavy atom. The lowest BCUT2D eigenvalue weighted by Gasteiger charge is -2.22. The number of hydrogen-bond donors (Lipinski definition) is 1. The molecule has 0 unspecified atom stereocenters. The minimum atomic E-state index is -3.72. The Hall–Kier alpha value is -3.30. The summed E-state index contributed by atoms with van der Waals surface area (Å²) in [6.07, 6.45) is 1.04. The number of anilines is 2. The van der Waals surface area contributed by atoms with Gasteiger partial charge in [0.2, 0.25) is 15.9 Å². The third-order valence-corrected chi connectivity index (χ3v) is 7.11. The van der Waals surface area contributed by atoms with Gasteiger partial charge in [0.25, 0.3) is 5.91 Å². The largest absolute Gasteiger partial charge is 0.345 e. The van der Waals surface area contributed by atoms with Crippen molar-refractivity contribution >= 4 is 45.0 Å². The summed E-state index contributed by atoms with van der Waals surface area (Å²) in [4.78, 5) is 27.3. The predicted octanol–water partition coefficient (Wildman–Crippen LogP) is 4.09. The van der Waals surface area contributed by atoms with Crippen molar-refractivity contribution in [1.29, 1.82) is 0 Å². The molecule has 0 spiro atoms. The smallest absolute Gasteiger partial charge is 0.253 e. The van der Waals surface area contributed by atoms with Gasteiger partial charge < -0.3 is 10.2 Å². The minimum Gasteiger partial charge on any atom is -0.345 e. The molecule has 7 nitrogen and oxygen atoms in total. The lowest BCUT2D eigenvalue weighted by Crippen LogP contribution is -2.37. The van der Waals surface area contributed by atoms with Gasteiger partial charge in [0.1, 0.15) is 6.54 Å². The van der Waals surface area contributed by atoms with Gasteiger partial charge in [-0.1, -0.05) is 30.3 Å². The van der Waals surface area contributed by atoms with Gasteiger partial charge in [-0.05, 0) is 54.1 Å². The molecule has 0 heterocycles. The Labute approximate surface area is 204 Å². The van der Waals surface area contributed by atoms with Gasteiger partial charge >= 0.3 is 0 Å². The zero-order valence-corrected chi connectivity index (χ0v) is 20.9. The fourth-order valence-corrected chi connectivity index (χ4v) is 4.86. The highest BCUT2D eigenvalue weighted by Gasteiger charge is 2.21. The molecule has 9 heteroatoms. The van der Waals surface area contributed by atoms with Crippen LogP contribution in [0.5, 0.6) is 0 Å². The first kappa shape index (κ1) is 25.3. The van der Waals surface area contributed by atoms with Crippen molar-refractivity contribution in [3.8, 4) is 0 Å². The van der Waals surface area contributed by atoms with Crippen LogP contribution in [-0.2, 0) is 20.6 Å². The van der Waals surface area contributed by atoms with Crippen LogP contribution in [0.4, 0.5) is 11.4 Å². The van der Waals surface area contributed by atoms with Gasteiger partial charge in [-0.3, -0.25) is 13.9 Å². The first-order valence-electron chi connectivity index (χ1n) is 10.5. The number of nitrogens with zero attached hydrogens (tertiary/aromatic N) is 2. The Kier molecular flexibility index (Phi) is 8.36. The number of rotatable bonds is 9. The standard InChI is InChI=1S/C25H27N3O4S2/c1-27(2)25(30)20-11-15-22(16-12-20)28(34(3,31)32)17-24(29)26-21-13-9-19(10-14-21)18-33-23-7-5-4-6-8-23/h4-16H,17-18H2,1-3H3,(H,26,29). The summed E-state index contributed by atoms with van der Waals surface area (Å²) in [6.45, 7) is -0.384. The van der Waals surface area contributed by atoms with Gasteiger partial charge in [0.15, 0.2) is 0 Å². The molecule has 0 saturated heterocycles. The van der Waals surface area contributed by atoms with E-state index in [4.69, 9.17) is 0 Å². The van der Waals surface area contributed by atoms with Crippen molar-refractivity contribution in [2.24, 2.45) is 0 Å². The van der Waals surface area contributed by atoms with Crippen LogP contribution in [0, 0.1) is 0 Å². The normalized spacial score (nSPS) is 11.0. The molecule has 1 N–H and O–H groups in total. The lowest BCUT2D eigenvalue weighted by molar-refractivity contribution is -0.114.